The molecule has 0 saturated carbocycles. The van der Waals surface area contributed by atoms with Crippen LogP contribution in [0.25, 0.3) is 0 Å². The van der Waals surface area contributed by atoms with Crippen LogP contribution >= 0.6 is 0 Å². The molecule has 1 atom stereocenters. The van der Waals surface area contributed by atoms with Crippen molar-refractivity contribution >= 4 is 17.9 Å². The number of carbonyl (C=O) groups is 3. The maximum atomic E-state index is 12.9. The van der Waals surface area contributed by atoms with Crippen LogP contribution in [0.3, 0.4) is 0 Å². The van der Waals surface area contributed by atoms with E-state index in [1.165, 1.54) is 167 Å². The highest BCUT2D eigenvalue weighted by molar-refractivity contribution is 5.71. The SMILES string of the molecule is CCCCC/C=C/C/C=C/C/C=C/CCCCCCC(=O)O[C@H](COC(=O)CCCCCCCCC/C=C/C/C=C/CCCCC)COC(=O)CCCCCCCCCCC/C=C/CCCCCCCC. The molecule has 0 aromatic rings. The molecule has 0 rings (SSSR count). The first-order valence-corrected chi connectivity index (χ1v) is 30.4. The average molecular weight is 992 g/mol. The fraction of sp³-hybridized carbons (Fsp3) is 0.769. The van der Waals surface area contributed by atoms with E-state index >= 15 is 0 Å². The van der Waals surface area contributed by atoms with Crippen LogP contribution in [-0.2, 0) is 28.6 Å². The summed E-state index contributed by atoms with van der Waals surface area (Å²) in [6, 6.07) is 0. The molecule has 0 radical (unpaired) electrons. The monoisotopic (exact) mass is 991 g/mol. The van der Waals surface area contributed by atoms with Gasteiger partial charge in [0.2, 0.25) is 0 Å². The van der Waals surface area contributed by atoms with E-state index in [1.807, 2.05) is 0 Å². The molecule has 0 saturated heterocycles. The molecule has 6 heteroatoms. The Morgan fingerprint density at radius 3 is 0.831 bits per heavy atom. The lowest BCUT2D eigenvalue weighted by Gasteiger charge is -2.18. The van der Waals surface area contributed by atoms with Crippen molar-refractivity contribution in [1.82, 2.24) is 0 Å². The largest absolute Gasteiger partial charge is 0.462 e. The van der Waals surface area contributed by atoms with Gasteiger partial charge in [-0.1, -0.05) is 241 Å². The predicted molar refractivity (Wildman–Crippen MR) is 307 cm³/mol. The number of hydrogen-bond acceptors (Lipinski definition) is 6. The summed E-state index contributed by atoms with van der Waals surface area (Å²) < 4.78 is 16.9. The van der Waals surface area contributed by atoms with E-state index < -0.39 is 6.10 Å². The number of allylic oxidation sites excluding steroid dienone is 12. The molecular formula is C65H114O6. The lowest BCUT2D eigenvalue weighted by atomic mass is 10.1. The number of esters is 3. The van der Waals surface area contributed by atoms with Gasteiger partial charge in [-0.15, -0.1) is 0 Å². The summed E-state index contributed by atoms with van der Waals surface area (Å²) in [7, 11) is 0. The molecule has 0 aliphatic heterocycles. The number of rotatable bonds is 55. The summed E-state index contributed by atoms with van der Waals surface area (Å²) in [6.45, 7) is 6.58. The first kappa shape index (κ1) is 67.8. The van der Waals surface area contributed by atoms with Gasteiger partial charge in [0.25, 0.3) is 0 Å². The third-order valence-electron chi connectivity index (χ3n) is 13.2. The van der Waals surface area contributed by atoms with Gasteiger partial charge < -0.3 is 14.2 Å². The molecule has 0 aliphatic rings. The molecular weight excluding hydrogens is 877 g/mol. The Bertz CT molecular complexity index is 1320. The minimum absolute atomic E-state index is 0.0873. The highest BCUT2D eigenvalue weighted by atomic mass is 16.6. The van der Waals surface area contributed by atoms with E-state index in [9.17, 15) is 14.4 Å². The first-order valence-electron chi connectivity index (χ1n) is 30.4. The van der Waals surface area contributed by atoms with Gasteiger partial charge in [-0.2, -0.15) is 0 Å². The van der Waals surface area contributed by atoms with Crippen molar-refractivity contribution in [3.63, 3.8) is 0 Å². The van der Waals surface area contributed by atoms with Crippen LogP contribution in [0.2, 0.25) is 0 Å². The van der Waals surface area contributed by atoms with Crippen LogP contribution in [-0.4, -0.2) is 37.2 Å². The Morgan fingerprint density at radius 1 is 0.282 bits per heavy atom. The normalized spacial score (nSPS) is 12.5. The zero-order valence-electron chi connectivity index (χ0n) is 47.0. The Morgan fingerprint density at radius 2 is 0.507 bits per heavy atom. The molecule has 6 nitrogen and oxygen atoms in total. The van der Waals surface area contributed by atoms with E-state index in [1.54, 1.807) is 0 Å². The Kier molecular flexibility index (Phi) is 56.8. The maximum Gasteiger partial charge on any atom is 0.306 e. The zero-order valence-corrected chi connectivity index (χ0v) is 47.0. The standard InChI is InChI=1S/C65H114O6/c1-4-7-10-13-16-19-22-25-28-31-32-35-37-40-43-46-49-52-55-58-64(67)70-61-62(71-65(68)59-56-53-50-47-44-41-38-34-30-27-24-21-18-15-12-9-6-3)60-69-63(66)57-54-51-48-45-42-39-36-33-29-26-23-20-17-14-11-8-5-2/h17-18,20-21,25-30,38,41,62H,4-16,19,22-24,31-37,39-40,42-61H2,1-3H3/b20-17+,21-18+,28-25+,29-26+,30-27+,41-38+/t62-/m1/s1. The average Bonchev–Trinajstić information content (AvgIpc) is 3.37. The molecule has 71 heavy (non-hydrogen) atoms. The third-order valence-corrected chi connectivity index (χ3v) is 13.2. The number of ether oxygens (including phenoxy) is 3. The summed E-state index contributed by atoms with van der Waals surface area (Å²) in [5, 5.41) is 0. The van der Waals surface area contributed by atoms with Gasteiger partial charge in [-0.3, -0.25) is 14.4 Å². The smallest absolute Gasteiger partial charge is 0.306 e. The van der Waals surface area contributed by atoms with Crippen LogP contribution < -0.4 is 0 Å². The van der Waals surface area contributed by atoms with Crippen molar-refractivity contribution in [3.05, 3.63) is 72.9 Å². The first-order chi connectivity index (χ1) is 35.0. The van der Waals surface area contributed by atoms with Gasteiger partial charge in [-0.25, -0.2) is 0 Å². The van der Waals surface area contributed by atoms with E-state index in [0.717, 1.165) is 96.3 Å². The molecule has 0 aromatic heterocycles. The van der Waals surface area contributed by atoms with E-state index in [4.69, 9.17) is 14.2 Å². The minimum Gasteiger partial charge on any atom is -0.462 e. The lowest BCUT2D eigenvalue weighted by Crippen LogP contribution is -2.30. The van der Waals surface area contributed by atoms with Gasteiger partial charge in [0.05, 0.1) is 0 Å². The van der Waals surface area contributed by atoms with Gasteiger partial charge in [0.1, 0.15) is 13.2 Å². The minimum atomic E-state index is -0.792. The fourth-order valence-electron chi connectivity index (χ4n) is 8.53. The Hall–Kier alpha value is -3.15. The summed E-state index contributed by atoms with van der Waals surface area (Å²) in [6.07, 6.45) is 76.0. The van der Waals surface area contributed by atoms with E-state index in [2.05, 4.69) is 93.7 Å². The summed E-state index contributed by atoms with van der Waals surface area (Å²) >= 11 is 0. The lowest BCUT2D eigenvalue weighted by molar-refractivity contribution is -0.167. The highest BCUT2D eigenvalue weighted by Crippen LogP contribution is 2.15. The summed E-state index contributed by atoms with van der Waals surface area (Å²) in [5.41, 5.74) is 0. The van der Waals surface area contributed by atoms with E-state index in [-0.39, 0.29) is 31.1 Å². The second-order valence-corrected chi connectivity index (χ2v) is 20.2. The van der Waals surface area contributed by atoms with Crippen LogP contribution in [0.15, 0.2) is 72.9 Å². The Balaban J connectivity index is 4.42. The molecule has 410 valence electrons. The maximum absolute atomic E-state index is 12.9. The second kappa shape index (κ2) is 59.4. The molecule has 0 fully saturated rings. The van der Waals surface area contributed by atoms with Crippen LogP contribution in [0.4, 0.5) is 0 Å². The van der Waals surface area contributed by atoms with Crippen molar-refractivity contribution in [2.24, 2.45) is 0 Å². The van der Waals surface area contributed by atoms with Crippen molar-refractivity contribution in [2.45, 2.75) is 309 Å². The highest BCUT2D eigenvalue weighted by Gasteiger charge is 2.19. The van der Waals surface area contributed by atoms with Gasteiger partial charge in [-0.05, 0) is 116 Å². The molecule has 0 amide bonds. The number of carbonyl (C=O) groups excluding carboxylic acids is 3. The van der Waals surface area contributed by atoms with Gasteiger partial charge in [0.15, 0.2) is 6.10 Å². The fourth-order valence-corrected chi connectivity index (χ4v) is 8.53. The molecule has 0 spiro atoms. The Labute approximate surface area is 440 Å². The zero-order chi connectivity index (χ0) is 51.4. The van der Waals surface area contributed by atoms with Crippen molar-refractivity contribution in [1.29, 1.82) is 0 Å². The molecule has 0 bridgehead atoms. The van der Waals surface area contributed by atoms with Gasteiger partial charge in [0, 0.05) is 19.3 Å². The number of hydrogen-bond donors (Lipinski definition) is 0. The number of unbranched alkanes of at least 4 members (excludes halogenated alkanes) is 32. The molecule has 0 aromatic carbocycles. The van der Waals surface area contributed by atoms with Crippen LogP contribution in [0, 0.1) is 0 Å². The van der Waals surface area contributed by atoms with Crippen molar-refractivity contribution in [2.75, 3.05) is 13.2 Å². The topological polar surface area (TPSA) is 78.9 Å². The third kappa shape index (κ3) is 57.6. The predicted octanol–water partition coefficient (Wildman–Crippen LogP) is 20.5. The van der Waals surface area contributed by atoms with Gasteiger partial charge >= 0.3 is 17.9 Å². The molecule has 0 N–H and O–H groups in total. The molecule has 0 heterocycles. The van der Waals surface area contributed by atoms with Crippen LogP contribution in [0.5, 0.6) is 0 Å². The summed E-state index contributed by atoms with van der Waals surface area (Å²) in [4.78, 5) is 38.3. The van der Waals surface area contributed by atoms with Crippen LogP contribution in [0.1, 0.15) is 303 Å². The molecule has 0 aliphatic carbocycles. The quantitative estimate of drug-likeness (QED) is 0.0261. The second-order valence-electron chi connectivity index (χ2n) is 20.2. The summed E-state index contributed by atoms with van der Waals surface area (Å²) in [5.74, 6) is -0.908. The van der Waals surface area contributed by atoms with Crippen molar-refractivity contribution in [3.8, 4) is 0 Å². The van der Waals surface area contributed by atoms with E-state index in [0.29, 0.717) is 19.3 Å². The van der Waals surface area contributed by atoms with Crippen molar-refractivity contribution < 1.29 is 28.6 Å². The molecule has 0 unspecified atom stereocenters.